The van der Waals surface area contributed by atoms with Gasteiger partial charge in [0.25, 0.3) is 0 Å². The van der Waals surface area contributed by atoms with Crippen molar-refractivity contribution in [2.45, 2.75) is 50.4 Å². The van der Waals surface area contributed by atoms with E-state index in [1.807, 2.05) is 0 Å². The predicted octanol–water partition coefficient (Wildman–Crippen LogP) is 2.55. The zero-order valence-electron chi connectivity index (χ0n) is 8.55. The Bertz CT molecular complexity index is 157. The highest BCUT2D eigenvalue weighted by atomic mass is 28.4. The summed E-state index contributed by atoms with van der Waals surface area (Å²) in [5, 5.41) is 0. The highest BCUT2D eigenvalue weighted by Crippen LogP contribution is 2.35. The molecule has 13 heavy (non-hydrogen) atoms. The van der Waals surface area contributed by atoms with E-state index in [9.17, 15) is 0 Å². The number of ether oxygens (including phenoxy) is 1. The fraction of sp³-hybridized carbons (Fsp3) is 1.00. The van der Waals surface area contributed by atoms with Gasteiger partial charge in [0.2, 0.25) is 0 Å². The SMILES string of the molecule is CCC[Si]1(CC2CO2)CCCCO1. The molecule has 2 heterocycles. The molecule has 2 atom stereocenters. The van der Waals surface area contributed by atoms with E-state index in [4.69, 9.17) is 9.16 Å². The molecule has 2 unspecified atom stereocenters. The summed E-state index contributed by atoms with van der Waals surface area (Å²) in [6.07, 6.45) is 4.55. The van der Waals surface area contributed by atoms with Gasteiger partial charge in [0.05, 0.1) is 12.7 Å². The molecule has 3 heteroatoms. The second kappa shape index (κ2) is 4.11. The van der Waals surface area contributed by atoms with Crippen LogP contribution in [0.1, 0.15) is 26.2 Å². The van der Waals surface area contributed by atoms with Crippen LogP contribution in [0, 0.1) is 0 Å². The summed E-state index contributed by atoms with van der Waals surface area (Å²) in [6.45, 7) is 4.31. The molecule has 2 fully saturated rings. The molecule has 0 spiro atoms. The molecule has 2 nitrogen and oxygen atoms in total. The summed E-state index contributed by atoms with van der Waals surface area (Å²) in [5.41, 5.74) is 0. The second-order valence-corrected chi connectivity index (χ2v) is 8.46. The van der Waals surface area contributed by atoms with E-state index >= 15 is 0 Å². The van der Waals surface area contributed by atoms with Crippen LogP contribution in [0.5, 0.6) is 0 Å². The molecular formula is C10H20O2Si. The number of rotatable bonds is 4. The van der Waals surface area contributed by atoms with Crippen molar-refractivity contribution in [1.82, 2.24) is 0 Å². The highest BCUT2D eigenvalue weighted by molar-refractivity contribution is 6.74. The number of hydrogen-bond donors (Lipinski definition) is 0. The van der Waals surface area contributed by atoms with Gasteiger partial charge in [-0.15, -0.1) is 0 Å². The van der Waals surface area contributed by atoms with Gasteiger partial charge in [-0.1, -0.05) is 19.8 Å². The van der Waals surface area contributed by atoms with Crippen molar-refractivity contribution in [3.8, 4) is 0 Å². The number of epoxide rings is 1. The van der Waals surface area contributed by atoms with Crippen molar-refractivity contribution in [3.05, 3.63) is 0 Å². The first-order valence-corrected chi connectivity index (χ1v) is 8.13. The summed E-state index contributed by atoms with van der Waals surface area (Å²) in [6, 6.07) is 4.02. The van der Waals surface area contributed by atoms with E-state index < -0.39 is 8.32 Å². The third-order valence-corrected chi connectivity index (χ3v) is 7.83. The third kappa shape index (κ3) is 2.54. The van der Waals surface area contributed by atoms with E-state index in [0.29, 0.717) is 6.10 Å². The van der Waals surface area contributed by atoms with Crippen LogP contribution < -0.4 is 0 Å². The Morgan fingerprint density at radius 3 is 2.77 bits per heavy atom. The summed E-state index contributed by atoms with van der Waals surface area (Å²) >= 11 is 0. The fourth-order valence-corrected chi connectivity index (χ4v) is 6.94. The topological polar surface area (TPSA) is 21.8 Å². The summed E-state index contributed by atoms with van der Waals surface area (Å²) in [4.78, 5) is 0. The molecule has 0 aromatic heterocycles. The zero-order chi connectivity index (χ0) is 9.15. The summed E-state index contributed by atoms with van der Waals surface area (Å²) in [7, 11) is -1.31. The maximum atomic E-state index is 6.12. The first-order valence-electron chi connectivity index (χ1n) is 5.60. The van der Waals surface area contributed by atoms with Gasteiger partial charge in [0.15, 0.2) is 8.32 Å². The molecule has 2 rings (SSSR count). The predicted molar refractivity (Wildman–Crippen MR) is 55.4 cm³/mol. The summed E-state index contributed by atoms with van der Waals surface area (Å²) in [5.74, 6) is 0. The molecule has 0 radical (unpaired) electrons. The fourth-order valence-electron chi connectivity index (χ4n) is 2.43. The van der Waals surface area contributed by atoms with Crippen LogP contribution in [-0.4, -0.2) is 27.6 Å². The molecule has 0 aromatic rings. The van der Waals surface area contributed by atoms with Gasteiger partial charge in [-0.25, -0.2) is 0 Å². The quantitative estimate of drug-likeness (QED) is 0.514. The first-order chi connectivity index (χ1) is 6.35. The van der Waals surface area contributed by atoms with E-state index in [2.05, 4.69) is 6.92 Å². The Labute approximate surface area is 81.7 Å². The van der Waals surface area contributed by atoms with Crippen LogP contribution >= 0.6 is 0 Å². The lowest BCUT2D eigenvalue weighted by Crippen LogP contribution is -2.42. The number of hydrogen-bond acceptors (Lipinski definition) is 2. The Morgan fingerprint density at radius 1 is 1.38 bits per heavy atom. The summed E-state index contributed by atoms with van der Waals surface area (Å²) < 4.78 is 11.5. The maximum Gasteiger partial charge on any atom is 0.195 e. The molecule has 76 valence electrons. The average molecular weight is 200 g/mol. The van der Waals surface area contributed by atoms with Gasteiger partial charge in [-0.3, -0.25) is 0 Å². The third-order valence-electron chi connectivity index (χ3n) is 3.14. The van der Waals surface area contributed by atoms with Crippen LogP contribution in [-0.2, 0) is 9.16 Å². The van der Waals surface area contributed by atoms with Crippen LogP contribution in [0.2, 0.25) is 18.1 Å². The van der Waals surface area contributed by atoms with Crippen LogP contribution in [0.15, 0.2) is 0 Å². The van der Waals surface area contributed by atoms with E-state index in [1.165, 1.54) is 37.4 Å². The zero-order valence-corrected chi connectivity index (χ0v) is 9.55. The lowest BCUT2D eigenvalue weighted by molar-refractivity contribution is 0.260. The van der Waals surface area contributed by atoms with E-state index in [0.717, 1.165) is 13.2 Å². The van der Waals surface area contributed by atoms with E-state index in [-0.39, 0.29) is 0 Å². The van der Waals surface area contributed by atoms with Crippen molar-refractivity contribution < 1.29 is 9.16 Å². The van der Waals surface area contributed by atoms with E-state index in [1.54, 1.807) is 0 Å². The molecule has 0 aromatic carbocycles. The molecule has 2 saturated heterocycles. The van der Waals surface area contributed by atoms with Crippen molar-refractivity contribution >= 4 is 8.32 Å². The molecule has 0 bridgehead atoms. The average Bonchev–Trinajstić information content (AvgIpc) is 2.90. The van der Waals surface area contributed by atoms with Crippen molar-refractivity contribution in [1.29, 1.82) is 0 Å². The lowest BCUT2D eigenvalue weighted by Gasteiger charge is -2.34. The van der Waals surface area contributed by atoms with Gasteiger partial charge in [0, 0.05) is 6.61 Å². The first kappa shape index (κ1) is 9.68. The Morgan fingerprint density at radius 2 is 2.23 bits per heavy atom. The van der Waals surface area contributed by atoms with Crippen LogP contribution in [0.25, 0.3) is 0 Å². The monoisotopic (exact) mass is 200 g/mol. The molecule has 0 aliphatic carbocycles. The van der Waals surface area contributed by atoms with Crippen molar-refractivity contribution in [2.75, 3.05) is 13.2 Å². The van der Waals surface area contributed by atoms with Gasteiger partial charge in [-0.05, 0) is 24.6 Å². The van der Waals surface area contributed by atoms with Crippen molar-refractivity contribution in [3.63, 3.8) is 0 Å². The van der Waals surface area contributed by atoms with Gasteiger partial charge in [0.1, 0.15) is 0 Å². The Balaban J connectivity index is 1.90. The molecule has 2 aliphatic rings. The smallest absolute Gasteiger partial charge is 0.195 e. The molecular weight excluding hydrogens is 180 g/mol. The van der Waals surface area contributed by atoms with Gasteiger partial charge < -0.3 is 9.16 Å². The van der Waals surface area contributed by atoms with Crippen molar-refractivity contribution in [2.24, 2.45) is 0 Å². The largest absolute Gasteiger partial charge is 0.417 e. The van der Waals surface area contributed by atoms with Crippen LogP contribution in [0.3, 0.4) is 0 Å². The van der Waals surface area contributed by atoms with Gasteiger partial charge >= 0.3 is 0 Å². The molecule has 0 amide bonds. The van der Waals surface area contributed by atoms with Crippen LogP contribution in [0.4, 0.5) is 0 Å². The standard InChI is InChI=1S/C10H20O2Si/c1-2-6-13(9-10-8-11-10)7-4-3-5-12-13/h10H,2-9H2,1H3. The Hall–Kier alpha value is 0.137. The Kier molecular flexibility index (Phi) is 3.06. The highest BCUT2D eigenvalue weighted by Gasteiger charge is 2.41. The minimum atomic E-state index is -1.31. The minimum Gasteiger partial charge on any atom is -0.417 e. The maximum absolute atomic E-state index is 6.12. The molecule has 0 N–H and O–H groups in total. The normalized spacial score (nSPS) is 39.0. The molecule has 0 saturated carbocycles. The minimum absolute atomic E-state index is 0.580. The van der Waals surface area contributed by atoms with Gasteiger partial charge in [-0.2, -0.15) is 0 Å². The lowest BCUT2D eigenvalue weighted by atomic mass is 10.4. The second-order valence-electron chi connectivity index (χ2n) is 4.40. The molecule has 2 aliphatic heterocycles.